The topological polar surface area (TPSA) is 65.0 Å². The molecule has 2 aliphatic rings. The minimum absolute atomic E-state index is 0.0619. The van der Waals surface area contributed by atoms with Crippen LogP contribution in [-0.2, 0) is 9.53 Å². The molecule has 0 aromatic heterocycles. The summed E-state index contributed by atoms with van der Waals surface area (Å²) in [5.74, 6) is 0.132. The molecule has 2 fully saturated rings. The number of nitrogens with zero attached hydrogens (tertiary/aromatic N) is 2. The molecule has 1 amide bonds. The van der Waals surface area contributed by atoms with Gasteiger partial charge in [0.25, 0.3) is 0 Å². The normalized spacial score (nSPS) is 24.4. The van der Waals surface area contributed by atoms with Crippen LogP contribution in [0.2, 0.25) is 0 Å². The van der Waals surface area contributed by atoms with E-state index in [1.807, 2.05) is 4.90 Å². The highest BCUT2D eigenvalue weighted by molar-refractivity contribution is 5.78. The molecule has 0 aromatic rings. The average molecular weight is 271 g/mol. The minimum Gasteiger partial charge on any atom is -0.394 e. The molecule has 0 atom stereocenters. The fourth-order valence-electron chi connectivity index (χ4n) is 2.58. The van der Waals surface area contributed by atoms with Gasteiger partial charge in [-0.15, -0.1) is 0 Å². The van der Waals surface area contributed by atoms with Crippen molar-refractivity contribution in [3.63, 3.8) is 0 Å². The highest BCUT2D eigenvalue weighted by atomic mass is 16.5. The van der Waals surface area contributed by atoms with Gasteiger partial charge in [0.15, 0.2) is 0 Å². The Bertz CT molecular complexity index is 298. The average Bonchev–Trinajstić information content (AvgIpc) is 2.46. The zero-order valence-corrected chi connectivity index (χ0v) is 11.7. The van der Waals surface area contributed by atoms with Gasteiger partial charge in [0.05, 0.1) is 13.2 Å². The van der Waals surface area contributed by atoms with Crippen LogP contribution in [0.25, 0.3) is 0 Å². The van der Waals surface area contributed by atoms with Gasteiger partial charge in [-0.05, 0) is 19.9 Å². The Morgan fingerprint density at radius 1 is 1.26 bits per heavy atom. The fraction of sp³-hybridized carbons (Fsp3) is 0.923. The lowest BCUT2D eigenvalue weighted by atomic mass is 9.91. The van der Waals surface area contributed by atoms with Crippen LogP contribution in [0.3, 0.4) is 0 Å². The van der Waals surface area contributed by atoms with E-state index in [0.717, 1.165) is 39.0 Å². The summed E-state index contributed by atoms with van der Waals surface area (Å²) in [6, 6.07) is 0. The fourth-order valence-corrected chi connectivity index (χ4v) is 2.58. The maximum absolute atomic E-state index is 12.1. The minimum atomic E-state index is -0.333. The summed E-state index contributed by atoms with van der Waals surface area (Å²) in [7, 11) is 2.07. The number of rotatable bonds is 4. The van der Waals surface area contributed by atoms with E-state index in [0.29, 0.717) is 19.8 Å². The lowest BCUT2D eigenvalue weighted by Gasteiger charge is -2.38. The SMILES string of the molecule is CN1CCN(C(=O)CNC2(CO)CCOCC2)CC1. The molecule has 0 spiro atoms. The monoisotopic (exact) mass is 271 g/mol. The van der Waals surface area contributed by atoms with Gasteiger partial charge in [-0.25, -0.2) is 0 Å². The van der Waals surface area contributed by atoms with Crippen molar-refractivity contribution in [2.24, 2.45) is 0 Å². The van der Waals surface area contributed by atoms with Crippen molar-refractivity contribution in [3.8, 4) is 0 Å². The number of nitrogens with one attached hydrogen (secondary N) is 1. The second-order valence-corrected chi connectivity index (χ2v) is 5.59. The van der Waals surface area contributed by atoms with Crippen molar-refractivity contribution < 1.29 is 14.6 Å². The van der Waals surface area contributed by atoms with E-state index in [-0.39, 0.29) is 18.1 Å². The van der Waals surface area contributed by atoms with Crippen molar-refractivity contribution in [2.45, 2.75) is 18.4 Å². The molecule has 0 unspecified atom stereocenters. The summed E-state index contributed by atoms with van der Waals surface area (Å²) in [5, 5.41) is 12.8. The van der Waals surface area contributed by atoms with Gasteiger partial charge in [0.2, 0.25) is 5.91 Å². The smallest absolute Gasteiger partial charge is 0.236 e. The Morgan fingerprint density at radius 2 is 1.89 bits per heavy atom. The third-order valence-electron chi connectivity index (χ3n) is 4.22. The Morgan fingerprint density at radius 3 is 2.47 bits per heavy atom. The molecule has 6 heteroatoms. The second-order valence-electron chi connectivity index (χ2n) is 5.59. The maximum atomic E-state index is 12.1. The third kappa shape index (κ3) is 3.89. The standard InChI is InChI=1S/C13H25N3O3/c1-15-4-6-16(7-5-15)12(18)10-14-13(11-17)2-8-19-9-3-13/h14,17H,2-11H2,1H3. The molecule has 0 saturated carbocycles. The van der Waals surface area contributed by atoms with Gasteiger partial charge in [-0.1, -0.05) is 0 Å². The van der Waals surface area contributed by atoms with Gasteiger partial charge in [-0.3, -0.25) is 4.79 Å². The molecule has 6 nitrogen and oxygen atoms in total. The number of hydrogen-bond acceptors (Lipinski definition) is 5. The molecular formula is C13H25N3O3. The van der Waals surface area contributed by atoms with Crippen molar-refractivity contribution in [3.05, 3.63) is 0 Å². The molecule has 2 saturated heterocycles. The summed E-state index contributed by atoms with van der Waals surface area (Å²) >= 11 is 0. The molecule has 0 bridgehead atoms. The Balaban J connectivity index is 1.78. The van der Waals surface area contributed by atoms with Crippen molar-refractivity contribution >= 4 is 5.91 Å². The van der Waals surface area contributed by atoms with Gasteiger partial charge < -0.3 is 25.0 Å². The van der Waals surface area contributed by atoms with Crippen molar-refractivity contribution in [2.75, 3.05) is 59.6 Å². The van der Waals surface area contributed by atoms with E-state index >= 15 is 0 Å². The Labute approximate surface area is 114 Å². The van der Waals surface area contributed by atoms with Crippen LogP contribution >= 0.6 is 0 Å². The first-order chi connectivity index (χ1) is 9.15. The molecule has 2 rings (SSSR count). The second kappa shape index (κ2) is 6.65. The molecule has 0 aliphatic carbocycles. The Hall–Kier alpha value is -0.690. The first kappa shape index (κ1) is 14.7. The first-order valence-corrected chi connectivity index (χ1v) is 7.05. The van der Waals surface area contributed by atoms with Crippen LogP contribution in [0.15, 0.2) is 0 Å². The van der Waals surface area contributed by atoms with Crippen LogP contribution < -0.4 is 5.32 Å². The van der Waals surface area contributed by atoms with E-state index in [9.17, 15) is 9.90 Å². The van der Waals surface area contributed by atoms with Gasteiger partial charge in [-0.2, -0.15) is 0 Å². The summed E-state index contributed by atoms with van der Waals surface area (Å²) in [6.07, 6.45) is 1.53. The number of carbonyl (C=O) groups excluding carboxylic acids is 1. The number of hydrogen-bond donors (Lipinski definition) is 2. The molecule has 2 heterocycles. The number of likely N-dealkylation sites (N-methyl/N-ethyl adjacent to an activating group) is 1. The number of carbonyl (C=O) groups is 1. The number of ether oxygens (including phenoxy) is 1. The number of amides is 1. The van der Waals surface area contributed by atoms with E-state index in [1.165, 1.54) is 0 Å². The van der Waals surface area contributed by atoms with Gasteiger partial charge in [0, 0.05) is 44.9 Å². The first-order valence-electron chi connectivity index (χ1n) is 7.05. The van der Waals surface area contributed by atoms with Crippen LogP contribution in [0.4, 0.5) is 0 Å². The lowest BCUT2D eigenvalue weighted by molar-refractivity contribution is -0.132. The number of aliphatic hydroxyl groups is 1. The molecule has 2 N–H and O–H groups in total. The van der Waals surface area contributed by atoms with E-state index in [1.54, 1.807) is 0 Å². The van der Waals surface area contributed by atoms with Crippen LogP contribution in [-0.4, -0.2) is 85.9 Å². The van der Waals surface area contributed by atoms with Gasteiger partial charge in [0.1, 0.15) is 0 Å². The predicted molar refractivity (Wildman–Crippen MR) is 71.9 cm³/mol. The maximum Gasteiger partial charge on any atom is 0.236 e. The van der Waals surface area contributed by atoms with E-state index < -0.39 is 0 Å². The van der Waals surface area contributed by atoms with Crippen LogP contribution in [0.1, 0.15) is 12.8 Å². The largest absolute Gasteiger partial charge is 0.394 e. The zero-order chi connectivity index (χ0) is 13.7. The molecule has 0 radical (unpaired) electrons. The van der Waals surface area contributed by atoms with E-state index in [2.05, 4.69) is 17.3 Å². The third-order valence-corrected chi connectivity index (χ3v) is 4.22. The van der Waals surface area contributed by atoms with Crippen molar-refractivity contribution in [1.82, 2.24) is 15.1 Å². The summed E-state index contributed by atoms with van der Waals surface area (Å²) < 4.78 is 5.31. The molecule has 0 aromatic carbocycles. The van der Waals surface area contributed by atoms with Gasteiger partial charge >= 0.3 is 0 Å². The Kier molecular flexibility index (Phi) is 5.15. The quantitative estimate of drug-likeness (QED) is 0.679. The number of piperazine rings is 1. The highest BCUT2D eigenvalue weighted by Crippen LogP contribution is 2.19. The predicted octanol–water partition coefficient (Wildman–Crippen LogP) is -1.11. The summed E-state index contributed by atoms with van der Waals surface area (Å²) in [5.41, 5.74) is -0.333. The zero-order valence-electron chi connectivity index (χ0n) is 11.7. The summed E-state index contributed by atoms with van der Waals surface area (Å²) in [4.78, 5) is 16.3. The number of aliphatic hydroxyl groups excluding tert-OH is 1. The highest BCUT2D eigenvalue weighted by Gasteiger charge is 2.32. The molecule has 110 valence electrons. The molecular weight excluding hydrogens is 246 g/mol. The molecule has 19 heavy (non-hydrogen) atoms. The van der Waals surface area contributed by atoms with Crippen molar-refractivity contribution in [1.29, 1.82) is 0 Å². The van der Waals surface area contributed by atoms with E-state index in [4.69, 9.17) is 4.74 Å². The summed E-state index contributed by atoms with van der Waals surface area (Å²) in [6.45, 7) is 5.14. The molecule has 2 aliphatic heterocycles. The van der Waals surface area contributed by atoms with Crippen LogP contribution in [0.5, 0.6) is 0 Å². The van der Waals surface area contributed by atoms with Crippen LogP contribution in [0, 0.1) is 0 Å². The lowest BCUT2D eigenvalue weighted by Crippen LogP contribution is -2.56.